The third-order valence-corrected chi connectivity index (χ3v) is 5.32. The van der Waals surface area contributed by atoms with Crippen LogP contribution in [0.3, 0.4) is 0 Å². The van der Waals surface area contributed by atoms with Gasteiger partial charge in [-0.25, -0.2) is 0 Å². The Morgan fingerprint density at radius 1 is 1.10 bits per heavy atom. The standard InChI is InChI=1S/C18H26O2/c1-17(14-19-13-15-9-5-3-6-10-15)18(2,20-17)16-11-7-4-8-12-16/h3,5-6,9-10,16H,4,7-8,11-14H2,1-2H3/t17-,18+/m0/s1. The third-order valence-electron chi connectivity index (χ3n) is 5.32. The summed E-state index contributed by atoms with van der Waals surface area (Å²) in [6.07, 6.45) is 6.78. The van der Waals surface area contributed by atoms with Crippen molar-refractivity contribution in [3.05, 3.63) is 35.9 Å². The monoisotopic (exact) mass is 274 g/mol. The van der Waals surface area contributed by atoms with Gasteiger partial charge in [-0.3, -0.25) is 0 Å². The summed E-state index contributed by atoms with van der Waals surface area (Å²) in [5.74, 6) is 0.724. The van der Waals surface area contributed by atoms with Gasteiger partial charge < -0.3 is 9.47 Å². The van der Waals surface area contributed by atoms with Gasteiger partial charge in [-0.15, -0.1) is 0 Å². The van der Waals surface area contributed by atoms with E-state index in [0.29, 0.717) is 13.2 Å². The Bertz CT molecular complexity index is 438. The van der Waals surface area contributed by atoms with Crippen LogP contribution in [0.25, 0.3) is 0 Å². The van der Waals surface area contributed by atoms with Crippen LogP contribution in [-0.4, -0.2) is 17.8 Å². The molecule has 2 heteroatoms. The lowest BCUT2D eigenvalue weighted by Crippen LogP contribution is -2.33. The van der Waals surface area contributed by atoms with Crippen molar-refractivity contribution in [3.8, 4) is 0 Å². The molecule has 1 heterocycles. The average Bonchev–Trinajstić information content (AvgIpc) is 3.04. The summed E-state index contributed by atoms with van der Waals surface area (Å²) < 4.78 is 12.1. The maximum absolute atomic E-state index is 6.14. The molecule has 2 atom stereocenters. The Labute approximate surface area is 122 Å². The second-order valence-corrected chi connectivity index (χ2v) is 6.75. The van der Waals surface area contributed by atoms with Crippen LogP contribution < -0.4 is 0 Å². The minimum absolute atomic E-state index is 0.0457. The van der Waals surface area contributed by atoms with E-state index < -0.39 is 0 Å². The van der Waals surface area contributed by atoms with E-state index in [1.54, 1.807) is 0 Å². The number of hydrogen-bond acceptors (Lipinski definition) is 2. The normalized spacial score (nSPS) is 34.1. The SMILES string of the molecule is C[C@@]1(COCc2ccccc2)O[C@]1(C)C1CCCCC1. The highest BCUT2D eigenvalue weighted by molar-refractivity contribution is 5.15. The Morgan fingerprint density at radius 2 is 1.80 bits per heavy atom. The molecular formula is C18H26O2. The van der Waals surface area contributed by atoms with Gasteiger partial charge in [-0.05, 0) is 38.2 Å². The quantitative estimate of drug-likeness (QED) is 0.745. The Hall–Kier alpha value is -0.860. The molecule has 20 heavy (non-hydrogen) atoms. The molecule has 1 saturated heterocycles. The van der Waals surface area contributed by atoms with Crippen molar-refractivity contribution in [1.82, 2.24) is 0 Å². The minimum Gasteiger partial charge on any atom is -0.374 e. The van der Waals surface area contributed by atoms with Gasteiger partial charge in [0.1, 0.15) is 11.2 Å². The molecule has 1 aliphatic carbocycles. The van der Waals surface area contributed by atoms with E-state index in [0.717, 1.165) is 5.92 Å². The summed E-state index contributed by atoms with van der Waals surface area (Å²) in [4.78, 5) is 0. The molecule has 0 amide bonds. The molecule has 0 bridgehead atoms. The van der Waals surface area contributed by atoms with Gasteiger partial charge >= 0.3 is 0 Å². The first-order chi connectivity index (χ1) is 9.64. The third kappa shape index (κ3) is 2.64. The zero-order chi connectivity index (χ0) is 14.1. The van der Waals surface area contributed by atoms with Crippen LogP contribution in [0.2, 0.25) is 0 Å². The molecule has 2 aliphatic rings. The number of hydrogen-bond donors (Lipinski definition) is 0. The van der Waals surface area contributed by atoms with Crippen LogP contribution >= 0.6 is 0 Å². The molecule has 0 spiro atoms. The van der Waals surface area contributed by atoms with Gasteiger partial charge in [-0.2, -0.15) is 0 Å². The van der Waals surface area contributed by atoms with E-state index in [9.17, 15) is 0 Å². The van der Waals surface area contributed by atoms with Crippen LogP contribution in [0, 0.1) is 5.92 Å². The average molecular weight is 274 g/mol. The molecule has 1 aromatic carbocycles. The van der Waals surface area contributed by atoms with Crippen LogP contribution in [0.15, 0.2) is 30.3 Å². The van der Waals surface area contributed by atoms with E-state index in [1.807, 2.05) is 6.07 Å². The first-order valence-electron chi connectivity index (χ1n) is 7.96. The second kappa shape index (κ2) is 5.50. The van der Waals surface area contributed by atoms with Crippen molar-refractivity contribution in [3.63, 3.8) is 0 Å². The van der Waals surface area contributed by atoms with Crippen molar-refractivity contribution < 1.29 is 9.47 Å². The zero-order valence-electron chi connectivity index (χ0n) is 12.7. The number of benzene rings is 1. The topological polar surface area (TPSA) is 21.8 Å². The molecule has 0 aromatic heterocycles. The molecular weight excluding hydrogens is 248 g/mol. The molecule has 110 valence electrons. The van der Waals surface area contributed by atoms with Crippen molar-refractivity contribution >= 4 is 0 Å². The van der Waals surface area contributed by atoms with E-state index >= 15 is 0 Å². The summed E-state index contributed by atoms with van der Waals surface area (Å²) in [5, 5.41) is 0. The van der Waals surface area contributed by atoms with Crippen LogP contribution in [0.1, 0.15) is 51.5 Å². The van der Waals surface area contributed by atoms with Gasteiger partial charge in [0.2, 0.25) is 0 Å². The summed E-state index contributed by atoms with van der Waals surface area (Å²) in [6.45, 7) is 5.89. The van der Waals surface area contributed by atoms with Gasteiger partial charge in [0.05, 0.1) is 13.2 Å². The van der Waals surface area contributed by atoms with Gasteiger partial charge in [-0.1, -0.05) is 49.6 Å². The number of ether oxygens (including phenoxy) is 2. The predicted molar refractivity (Wildman–Crippen MR) is 80.6 cm³/mol. The molecule has 1 aliphatic heterocycles. The molecule has 1 aromatic rings. The molecule has 2 nitrogen and oxygen atoms in total. The second-order valence-electron chi connectivity index (χ2n) is 6.75. The highest BCUT2D eigenvalue weighted by Gasteiger charge is 2.66. The molecule has 3 rings (SSSR count). The van der Waals surface area contributed by atoms with Crippen LogP contribution in [0.4, 0.5) is 0 Å². The fourth-order valence-corrected chi connectivity index (χ4v) is 3.72. The summed E-state index contributed by atoms with van der Waals surface area (Å²) >= 11 is 0. The lowest BCUT2D eigenvalue weighted by molar-refractivity contribution is 0.0742. The van der Waals surface area contributed by atoms with Crippen LogP contribution in [0.5, 0.6) is 0 Å². The molecule has 0 radical (unpaired) electrons. The van der Waals surface area contributed by atoms with Crippen molar-refractivity contribution in [2.45, 2.75) is 63.8 Å². The van der Waals surface area contributed by atoms with Crippen molar-refractivity contribution in [2.24, 2.45) is 5.92 Å². The van der Waals surface area contributed by atoms with E-state index in [1.165, 1.54) is 37.7 Å². The van der Waals surface area contributed by atoms with E-state index in [2.05, 4.69) is 38.1 Å². The first kappa shape index (κ1) is 14.1. The molecule has 1 saturated carbocycles. The minimum atomic E-state index is -0.0796. The summed E-state index contributed by atoms with van der Waals surface area (Å²) in [5.41, 5.74) is 1.20. The Kier molecular flexibility index (Phi) is 3.87. The fourth-order valence-electron chi connectivity index (χ4n) is 3.72. The predicted octanol–water partition coefficient (Wildman–Crippen LogP) is 4.33. The molecule has 0 N–H and O–H groups in total. The van der Waals surface area contributed by atoms with Gasteiger partial charge in [0.25, 0.3) is 0 Å². The molecule has 0 unspecified atom stereocenters. The number of rotatable bonds is 5. The highest BCUT2D eigenvalue weighted by atomic mass is 16.7. The smallest absolute Gasteiger partial charge is 0.118 e. The van der Waals surface area contributed by atoms with Crippen LogP contribution in [-0.2, 0) is 16.1 Å². The van der Waals surface area contributed by atoms with E-state index in [-0.39, 0.29) is 11.2 Å². The van der Waals surface area contributed by atoms with Gasteiger partial charge in [0, 0.05) is 0 Å². The van der Waals surface area contributed by atoms with Gasteiger partial charge in [0.15, 0.2) is 0 Å². The largest absolute Gasteiger partial charge is 0.374 e. The zero-order valence-corrected chi connectivity index (χ0v) is 12.7. The first-order valence-corrected chi connectivity index (χ1v) is 7.96. The van der Waals surface area contributed by atoms with Crippen molar-refractivity contribution in [2.75, 3.05) is 6.61 Å². The maximum Gasteiger partial charge on any atom is 0.118 e. The Balaban J connectivity index is 1.50. The fraction of sp³-hybridized carbons (Fsp3) is 0.667. The molecule has 2 fully saturated rings. The summed E-state index contributed by atoms with van der Waals surface area (Å²) in [7, 11) is 0. The highest BCUT2D eigenvalue weighted by Crippen LogP contribution is 2.56. The Morgan fingerprint density at radius 3 is 2.50 bits per heavy atom. The summed E-state index contributed by atoms with van der Waals surface area (Å²) in [6, 6.07) is 10.4. The maximum atomic E-state index is 6.14. The lowest BCUT2D eigenvalue weighted by Gasteiger charge is -2.27. The lowest BCUT2D eigenvalue weighted by atomic mass is 9.75. The van der Waals surface area contributed by atoms with E-state index in [4.69, 9.17) is 9.47 Å². The van der Waals surface area contributed by atoms with Crippen molar-refractivity contribution in [1.29, 1.82) is 0 Å². The number of epoxide rings is 1.